The van der Waals surface area contributed by atoms with Crippen LogP contribution in [0.25, 0.3) is 33.4 Å². The Bertz CT molecular complexity index is 2210. The van der Waals surface area contributed by atoms with E-state index in [-0.39, 0.29) is 17.2 Å². The minimum atomic E-state index is -3.43. The molecule has 0 saturated heterocycles. The maximum atomic E-state index is 11.5. The number of hydrogen-bond donors (Lipinski definition) is 2. The maximum Gasteiger partial charge on any atom is 0.248 e. The summed E-state index contributed by atoms with van der Waals surface area (Å²) in [5, 5.41) is 13.8. The van der Waals surface area contributed by atoms with E-state index in [0.29, 0.717) is 17.6 Å². The van der Waals surface area contributed by atoms with Gasteiger partial charge in [-0.1, -0.05) is 36.4 Å². The van der Waals surface area contributed by atoms with Crippen molar-refractivity contribution in [3.63, 3.8) is 0 Å². The molecule has 7 rings (SSSR count). The zero-order valence-electron chi connectivity index (χ0n) is 25.1. The highest BCUT2D eigenvalue weighted by atomic mass is 32.2. The van der Waals surface area contributed by atoms with E-state index in [4.69, 9.17) is 0 Å². The molecule has 0 spiro atoms. The number of nitrogens with zero attached hydrogens (tertiary/aromatic N) is 8. The lowest BCUT2D eigenvalue weighted by Crippen LogP contribution is -2.39. The Labute approximate surface area is 265 Å². The lowest BCUT2D eigenvalue weighted by molar-refractivity contribution is 0.387. The molecule has 2 aromatic carbocycles. The second-order valence-corrected chi connectivity index (χ2v) is 14.7. The Kier molecular flexibility index (Phi) is 8.75. The van der Waals surface area contributed by atoms with Gasteiger partial charge in [0.15, 0.2) is 11.6 Å². The zero-order chi connectivity index (χ0) is 32.3. The van der Waals surface area contributed by atoms with Crippen LogP contribution in [0.3, 0.4) is 0 Å². The van der Waals surface area contributed by atoms with Crippen molar-refractivity contribution in [2.75, 3.05) is 17.8 Å². The molecular weight excluding hydrogens is 629 g/mol. The topological polar surface area (TPSA) is 180 Å². The predicted octanol–water partition coefficient (Wildman–Crippen LogP) is 3.31. The van der Waals surface area contributed by atoms with Crippen LogP contribution in [0.1, 0.15) is 25.7 Å². The summed E-state index contributed by atoms with van der Waals surface area (Å²) < 4.78 is 51.7. The highest BCUT2D eigenvalue weighted by molar-refractivity contribution is 7.90. The van der Waals surface area contributed by atoms with E-state index in [2.05, 4.69) is 40.2 Å². The summed E-state index contributed by atoms with van der Waals surface area (Å²) in [5.41, 5.74) is 1.86. The van der Waals surface area contributed by atoms with Gasteiger partial charge in [0.25, 0.3) is 0 Å². The molecule has 1 fully saturated rings. The van der Waals surface area contributed by atoms with Gasteiger partial charge in [0, 0.05) is 53.6 Å². The third kappa shape index (κ3) is 7.35. The number of anilines is 1. The lowest BCUT2D eigenvalue weighted by Gasteiger charge is -2.29. The van der Waals surface area contributed by atoms with Gasteiger partial charge < -0.3 is 5.32 Å². The molecule has 1 aliphatic carbocycles. The average molecular weight is 661 g/mol. The monoisotopic (exact) mass is 660 g/mol. The number of sulfonamides is 1. The van der Waals surface area contributed by atoms with Crippen LogP contribution >= 0.6 is 0 Å². The Morgan fingerprint density at radius 1 is 0.674 bits per heavy atom. The third-order valence-electron chi connectivity index (χ3n) is 7.42. The molecule has 0 radical (unpaired) electrons. The number of benzene rings is 2. The first kappa shape index (κ1) is 31.2. The summed E-state index contributed by atoms with van der Waals surface area (Å²) in [6.07, 6.45) is 12.3. The van der Waals surface area contributed by atoms with Crippen molar-refractivity contribution in [2.45, 2.75) is 42.9 Å². The molecule has 4 aromatic heterocycles. The van der Waals surface area contributed by atoms with Gasteiger partial charge in [-0.25, -0.2) is 40.9 Å². The molecule has 0 atom stereocenters. The summed E-state index contributed by atoms with van der Waals surface area (Å²) in [7, 11) is -6.59. The normalized spacial score (nSPS) is 17.0. The van der Waals surface area contributed by atoms with Gasteiger partial charge in [-0.15, -0.1) is 0 Å². The number of sulfone groups is 1. The smallest absolute Gasteiger partial charge is 0.248 e. The predicted molar refractivity (Wildman–Crippen MR) is 174 cm³/mol. The van der Waals surface area contributed by atoms with E-state index in [1.807, 2.05) is 60.8 Å². The Morgan fingerprint density at radius 2 is 1.20 bits per heavy atom. The number of nitrogens with one attached hydrogen (secondary N) is 2. The van der Waals surface area contributed by atoms with Gasteiger partial charge >= 0.3 is 0 Å². The van der Waals surface area contributed by atoms with Crippen LogP contribution in [0, 0.1) is 0 Å². The highest BCUT2D eigenvalue weighted by Crippen LogP contribution is 2.23. The summed E-state index contributed by atoms with van der Waals surface area (Å²) in [6.45, 7) is 0. The fraction of sp³-hybridized carbons (Fsp3) is 0.267. The first-order valence-corrected chi connectivity index (χ1v) is 18.3. The number of fused-ring (bicyclic) bond motifs is 2. The molecule has 1 aliphatic rings. The van der Waals surface area contributed by atoms with E-state index >= 15 is 0 Å². The quantitative estimate of drug-likeness (QED) is 0.240. The molecule has 0 amide bonds. The van der Waals surface area contributed by atoms with Crippen molar-refractivity contribution in [2.24, 2.45) is 0 Å². The van der Waals surface area contributed by atoms with Gasteiger partial charge in [-0.3, -0.25) is 0 Å². The molecule has 1 saturated carbocycles. The molecular formula is C30H32N10O4S2. The maximum absolute atomic E-state index is 11.5. The van der Waals surface area contributed by atoms with Gasteiger partial charge in [-0.2, -0.15) is 20.2 Å². The lowest BCUT2D eigenvalue weighted by atomic mass is 9.92. The molecule has 0 unspecified atom stereocenters. The van der Waals surface area contributed by atoms with Gasteiger partial charge in [0.05, 0.1) is 29.7 Å². The van der Waals surface area contributed by atoms with Crippen LogP contribution in [-0.4, -0.2) is 80.9 Å². The van der Waals surface area contributed by atoms with Gasteiger partial charge in [-0.05, 0) is 37.8 Å². The van der Waals surface area contributed by atoms with E-state index < -0.39 is 19.9 Å². The number of para-hydroxylation sites is 2. The van der Waals surface area contributed by atoms with Crippen molar-refractivity contribution >= 4 is 47.6 Å². The molecule has 0 bridgehead atoms. The number of aromatic nitrogens is 8. The minimum absolute atomic E-state index is 0.0146. The second kappa shape index (κ2) is 12.9. The highest BCUT2D eigenvalue weighted by Gasteiger charge is 2.24. The Balaban J connectivity index is 0.000000172. The molecule has 16 heteroatoms. The summed E-state index contributed by atoms with van der Waals surface area (Å²) in [5.74, 6) is 1.70. The zero-order valence-corrected chi connectivity index (χ0v) is 26.7. The number of hydrogen-bond acceptors (Lipinski definition) is 11. The summed E-state index contributed by atoms with van der Waals surface area (Å²) in [4.78, 5) is 16.7. The van der Waals surface area contributed by atoms with Crippen LogP contribution < -0.4 is 10.0 Å². The SMILES string of the molecule is CS(=O)(=O)NC1CCC(Nc2nccc(-n3ncc4ccccc43)n2)CC1.CS(=O)(=O)c1nccc(-n2ncc3ccccc32)n1. The summed E-state index contributed by atoms with van der Waals surface area (Å²) >= 11 is 0. The molecule has 0 aliphatic heterocycles. The first-order chi connectivity index (χ1) is 22.0. The average Bonchev–Trinajstić information content (AvgIpc) is 3.67. The van der Waals surface area contributed by atoms with Gasteiger partial charge in [0.1, 0.15) is 0 Å². The number of rotatable bonds is 7. The molecule has 238 valence electrons. The van der Waals surface area contributed by atoms with Crippen LogP contribution in [-0.2, 0) is 19.9 Å². The molecule has 14 nitrogen and oxygen atoms in total. The molecule has 4 heterocycles. The molecule has 2 N–H and O–H groups in total. The Hall–Kier alpha value is -4.80. The molecule has 6 aromatic rings. The van der Waals surface area contributed by atoms with E-state index in [9.17, 15) is 16.8 Å². The van der Waals surface area contributed by atoms with Crippen LogP contribution in [0.5, 0.6) is 0 Å². The van der Waals surface area contributed by atoms with Crippen molar-refractivity contribution in [3.8, 4) is 11.6 Å². The minimum Gasteiger partial charge on any atom is -0.351 e. The van der Waals surface area contributed by atoms with Crippen molar-refractivity contribution in [1.82, 2.24) is 44.2 Å². The fourth-order valence-corrected chi connectivity index (χ4v) is 6.67. The van der Waals surface area contributed by atoms with Crippen molar-refractivity contribution in [1.29, 1.82) is 0 Å². The van der Waals surface area contributed by atoms with Crippen molar-refractivity contribution in [3.05, 3.63) is 85.5 Å². The second-order valence-electron chi connectivity index (χ2n) is 11.0. The van der Waals surface area contributed by atoms with Crippen LogP contribution in [0.4, 0.5) is 5.95 Å². The first-order valence-electron chi connectivity index (χ1n) is 14.5. The van der Waals surface area contributed by atoms with E-state index in [0.717, 1.165) is 53.7 Å². The fourth-order valence-electron chi connectivity index (χ4n) is 5.31. The third-order valence-corrected chi connectivity index (χ3v) is 9.04. The van der Waals surface area contributed by atoms with E-state index in [1.165, 1.54) is 12.5 Å². The molecule has 46 heavy (non-hydrogen) atoms. The van der Waals surface area contributed by atoms with Gasteiger partial charge in [0.2, 0.25) is 31.0 Å². The largest absolute Gasteiger partial charge is 0.351 e. The van der Waals surface area contributed by atoms with Crippen LogP contribution in [0.15, 0.2) is 90.6 Å². The van der Waals surface area contributed by atoms with E-state index in [1.54, 1.807) is 27.8 Å². The van der Waals surface area contributed by atoms with Crippen molar-refractivity contribution < 1.29 is 16.8 Å². The summed E-state index contributed by atoms with van der Waals surface area (Å²) in [6, 6.07) is 19.3. The Morgan fingerprint density at radius 3 is 1.76 bits per heavy atom. The standard InChI is InChI=1S/C18H22N6O2S.C12H10N4O2S/c1-27(25,26)23-15-8-6-14(7-9-15)21-18-19-11-10-17(22-18)24-16-5-3-2-4-13(16)12-20-24;1-19(17,18)12-13-7-6-11(15-12)16-10-5-3-2-4-9(10)8-14-16/h2-5,10-12,14-15,23H,6-9H2,1H3,(H,19,21,22);2-8H,1H3. The van der Waals surface area contributed by atoms with Crippen LogP contribution in [0.2, 0.25) is 0 Å².